The lowest BCUT2D eigenvalue weighted by Gasteiger charge is -2.00. The minimum absolute atomic E-state index is 1.07. The second kappa shape index (κ2) is 3.86. The Kier molecular flexibility index (Phi) is 3.06. The molecule has 0 unspecified atom stereocenters. The van der Waals surface area contributed by atoms with Gasteiger partial charge >= 0.3 is 0 Å². The van der Waals surface area contributed by atoms with Gasteiger partial charge in [0.2, 0.25) is 0 Å². The van der Waals surface area contributed by atoms with Crippen molar-refractivity contribution in [1.82, 2.24) is 4.98 Å². The molecule has 11 heavy (non-hydrogen) atoms. The van der Waals surface area contributed by atoms with Gasteiger partial charge in [0.25, 0.3) is 0 Å². The summed E-state index contributed by atoms with van der Waals surface area (Å²) in [5.74, 6) is 0. The van der Waals surface area contributed by atoms with Crippen molar-refractivity contribution in [2.75, 3.05) is 0 Å². The van der Waals surface area contributed by atoms with Crippen molar-refractivity contribution < 1.29 is 0 Å². The molecule has 0 radical (unpaired) electrons. The predicted octanol–water partition coefficient (Wildman–Crippen LogP) is 3.11. The summed E-state index contributed by atoms with van der Waals surface area (Å²) in [6, 6.07) is 2.10. The molecule has 0 aliphatic carbocycles. The van der Waals surface area contributed by atoms with Gasteiger partial charge in [-0.05, 0) is 25.0 Å². The zero-order chi connectivity index (χ0) is 8.27. The van der Waals surface area contributed by atoms with Gasteiger partial charge in [0.15, 0.2) is 0 Å². The van der Waals surface area contributed by atoms with E-state index in [1.165, 1.54) is 11.3 Å². The Morgan fingerprint density at radius 1 is 1.55 bits per heavy atom. The Balaban J connectivity index is 2.86. The van der Waals surface area contributed by atoms with Crippen LogP contribution >= 0.6 is 15.9 Å². The number of nitrogens with zero attached hydrogens (tertiary/aromatic N) is 1. The van der Waals surface area contributed by atoms with Gasteiger partial charge in [-0.2, -0.15) is 0 Å². The summed E-state index contributed by atoms with van der Waals surface area (Å²) in [5, 5.41) is 0. The molecular weight excluding hydrogens is 202 g/mol. The van der Waals surface area contributed by atoms with Crippen LogP contribution in [-0.2, 0) is 6.42 Å². The summed E-state index contributed by atoms with van der Waals surface area (Å²) >= 11 is 3.48. The molecule has 1 rings (SSSR count). The first kappa shape index (κ1) is 8.72. The first-order chi connectivity index (χ1) is 5.24. The molecule has 0 saturated carbocycles. The van der Waals surface area contributed by atoms with Crippen LogP contribution in [-0.4, -0.2) is 4.98 Å². The summed E-state index contributed by atoms with van der Waals surface area (Å²) in [6.07, 6.45) is 4.14. The second-order valence-electron chi connectivity index (χ2n) is 2.67. The van der Waals surface area contributed by atoms with Crippen LogP contribution in [0.1, 0.15) is 24.6 Å². The molecule has 1 nitrogen and oxygen atoms in total. The predicted molar refractivity (Wildman–Crippen MR) is 50.7 cm³/mol. The van der Waals surface area contributed by atoms with Crippen molar-refractivity contribution in [2.45, 2.75) is 26.7 Å². The van der Waals surface area contributed by atoms with Crippen LogP contribution in [0, 0.1) is 6.92 Å². The normalized spacial score (nSPS) is 10.1. The zero-order valence-corrected chi connectivity index (χ0v) is 8.48. The summed E-state index contributed by atoms with van der Waals surface area (Å²) in [5.41, 5.74) is 2.37. The van der Waals surface area contributed by atoms with Crippen LogP contribution in [0.15, 0.2) is 16.7 Å². The molecule has 1 aromatic rings. The topological polar surface area (TPSA) is 12.9 Å². The molecule has 1 heterocycles. The first-order valence-electron chi connectivity index (χ1n) is 3.85. The molecule has 60 valence electrons. The monoisotopic (exact) mass is 213 g/mol. The molecule has 1 aromatic heterocycles. The van der Waals surface area contributed by atoms with Crippen molar-refractivity contribution in [3.8, 4) is 0 Å². The van der Waals surface area contributed by atoms with Crippen molar-refractivity contribution >= 4 is 15.9 Å². The maximum absolute atomic E-state index is 4.30. The number of aryl methyl sites for hydroxylation is 2. The van der Waals surface area contributed by atoms with Crippen molar-refractivity contribution in [3.05, 3.63) is 28.0 Å². The van der Waals surface area contributed by atoms with Gasteiger partial charge in [-0.3, -0.25) is 4.98 Å². The maximum atomic E-state index is 4.30. The van der Waals surface area contributed by atoms with Gasteiger partial charge in [0.05, 0.1) is 0 Å². The molecule has 0 spiro atoms. The SMILES string of the molecule is CCCc1cc(Br)c(C)cn1. The Hall–Kier alpha value is -0.370. The highest BCUT2D eigenvalue weighted by molar-refractivity contribution is 9.10. The number of hydrogen-bond donors (Lipinski definition) is 0. The van der Waals surface area contributed by atoms with E-state index >= 15 is 0 Å². The van der Waals surface area contributed by atoms with Gasteiger partial charge < -0.3 is 0 Å². The number of rotatable bonds is 2. The molecule has 2 heteroatoms. The number of hydrogen-bond acceptors (Lipinski definition) is 1. The number of aromatic nitrogens is 1. The summed E-state index contributed by atoms with van der Waals surface area (Å²) in [6.45, 7) is 4.21. The maximum Gasteiger partial charge on any atom is 0.0414 e. The second-order valence-corrected chi connectivity index (χ2v) is 3.53. The van der Waals surface area contributed by atoms with E-state index in [9.17, 15) is 0 Å². The van der Waals surface area contributed by atoms with Gasteiger partial charge in [-0.1, -0.05) is 29.3 Å². The van der Waals surface area contributed by atoms with E-state index in [1.807, 2.05) is 13.1 Å². The first-order valence-corrected chi connectivity index (χ1v) is 4.64. The van der Waals surface area contributed by atoms with E-state index in [2.05, 4.69) is 33.9 Å². The van der Waals surface area contributed by atoms with Crippen LogP contribution in [0.4, 0.5) is 0 Å². The van der Waals surface area contributed by atoms with E-state index in [1.54, 1.807) is 0 Å². The van der Waals surface area contributed by atoms with Crippen LogP contribution < -0.4 is 0 Å². The van der Waals surface area contributed by atoms with E-state index in [0.29, 0.717) is 0 Å². The lowest BCUT2D eigenvalue weighted by atomic mass is 10.2. The molecule has 0 atom stereocenters. The fourth-order valence-corrected chi connectivity index (χ4v) is 1.30. The van der Waals surface area contributed by atoms with Crippen LogP contribution in [0.25, 0.3) is 0 Å². The Labute approximate surface area is 76.0 Å². The molecule has 0 amide bonds. The molecule has 0 aliphatic rings. The largest absolute Gasteiger partial charge is 0.261 e. The van der Waals surface area contributed by atoms with Crippen molar-refractivity contribution in [2.24, 2.45) is 0 Å². The summed E-state index contributed by atoms with van der Waals surface area (Å²) in [4.78, 5) is 4.30. The minimum atomic E-state index is 1.07. The highest BCUT2D eigenvalue weighted by Gasteiger charge is 1.96. The highest BCUT2D eigenvalue weighted by atomic mass is 79.9. The van der Waals surface area contributed by atoms with Crippen molar-refractivity contribution in [3.63, 3.8) is 0 Å². The minimum Gasteiger partial charge on any atom is -0.261 e. The third-order valence-corrected chi connectivity index (χ3v) is 2.45. The van der Waals surface area contributed by atoms with Gasteiger partial charge in [0.1, 0.15) is 0 Å². The molecular formula is C9H12BrN. The van der Waals surface area contributed by atoms with Crippen molar-refractivity contribution in [1.29, 1.82) is 0 Å². The Bertz CT molecular complexity index is 245. The summed E-state index contributed by atoms with van der Waals surface area (Å²) < 4.78 is 1.16. The molecule has 0 aliphatic heterocycles. The fraction of sp³-hybridized carbons (Fsp3) is 0.444. The lowest BCUT2D eigenvalue weighted by molar-refractivity contribution is 0.879. The lowest BCUT2D eigenvalue weighted by Crippen LogP contribution is -1.89. The highest BCUT2D eigenvalue weighted by Crippen LogP contribution is 2.15. The van der Waals surface area contributed by atoms with Gasteiger partial charge in [0, 0.05) is 16.4 Å². The van der Waals surface area contributed by atoms with Crippen LogP contribution in [0.2, 0.25) is 0 Å². The van der Waals surface area contributed by atoms with E-state index in [0.717, 1.165) is 17.3 Å². The molecule has 0 bridgehead atoms. The Morgan fingerprint density at radius 2 is 2.27 bits per heavy atom. The summed E-state index contributed by atoms with van der Waals surface area (Å²) in [7, 11) is 0. The van der Waals surface area contributed by atoms with Crippen LogP contribution in [0.5, 0.6) is 0 Å². The van der Waals surface area contributed by atoms with Gasteiger partial charge in [-0.15, -0.1) is 0 Å². The molecule has 0 N–H and O–H groups in total. The third-order valence-electron chi connectivity index (χ3n) is 1.60. The third kappa shape index (κ3) is 2.29. The standard InChI is InChI=1S/C9H12BrN/c1-3-4-8-5-9(10)7(2)6-11-8/h5-6H,3-4H2,1-2H3. The zero-order valence-electron chi connectivity index (χ0n) is 6.89. The number of halogens is 1. The number of pyridine rings is 1. The van der Waals surface area contributed by atoms with Gasteiger partial charge in [-0.25, -0.2) is 0 Å². The average molecular weight is 214 g/mol. The smallest absolute Gasteiger partial charge is 0.0414 e. The fourth-order valence-electron chi connectivity index (χ4n) is 0.932. The molecule has 0 fully saturated rings. The van der Waals surface area contributed by atoms with E-state index in [4.69, 9.17) is 0 Å². The quantitative estimate of drug-likeness (QED) is 0.737. The average Bonchev–Trinajstić information content (AvgIpc) is 1.98. The van der Waals surface area contributed by atoms with E-state index < -0.39 is 0 Å². The molecule has 0 saturated heterocycles. The van der Waals surface area contributed by atoms with E-state index in [-0.39, 0.29) is 0 Å². The van der Waals surface area contributed by atoms with Crippen LogP contribution in [0.3, 0.4) is 0 Å². The Morgan fingerprint density at radius 3 is 2.82 bits per heavy atom. The molecule has 0 aromatic carbocycles.